The standard InChI is InChI=1S/C20H17FO7/c1-25-18(23)20(19(24)26-2)7-10-3-14(21)15(22)5-12(10)13-6-17-16(27-9-28-17)4-11(13)8-20/h3-6,22H,7-9H2,1-2H3. The second-order valence-electron chi connectivity index (χ2n) is 6.74. The van der Waals surface area contributed by atoms with Crippen molar-refractivity contribution in [3.8, 4) is 28.4 Å². The van der Waals surface area contributed by atoms with Gasteiger partial charge < -0.3 is 24.1 Å². The molecule has 1 aliphatic heterocycles. The van der Waals surface area contributed by atoms with E-state index in [0.29, 0.717) is 33.8 Å². The number of phenols is 1. The maximum atomic E-state index is 14.1. The fourth-order valence-corrected chi connectivity index (χ4v) is 3.86. The molecule has 0 radical (unpaired) electrons. The van der Waals surface area contributed by atoms with Crippen LogP contribution in [0.3, 0.4) is 0 Å². The summed E-state index contributed by atoms with van der Waals surface area (Å²) < 4.78 is 34.8. The minimum absolute atomic E-state index is 0.0406. The highest BCUT2D eigenvalue weighted by atomic mass is 19.1. The van der Waals surface area contributed by atoms with Crippen LogP contribution < -0.4 is 9.47 Å². The molecule has 28 heavy (non-hydrogen) atoms. The highest BCUT2D eigenvalue weighted by Gasteiger charge is 2.51. The van der Waals surface area contributed by atoms with Gasteiger partial charge in [-0.3, -0.25) is 9.59 Å². The fraction of sp³-hybridized carbons (Fsp3) is 0.300. The molecule has 0 fully saturated rings. The van der Waals surface area contributed by atoms with Gasteiger partial charge in [0.1, 0.15) is 0 Å². The Kier molecular flexibility index (Phi) is 4.14. The van der Waals surface area contributed by atoms with Crippen LogP contribution in [0.2, 0.25) is 0 Å². The van der Waals surface area contributed by atoms with Crippen LogP contribution in [0.1, 0.15) is 11.1 Å². The smallest absolute Gasteiger partial charge is 0.323 e. The third-order valence-electron chi connectivity index (χ3n) is 5.20. The van der Waals surface area contributed by atoms with Gasteiger partial charge in [0.15, 0.2) is 28.5 Å². The van der Waals surface area contributed by atoms with E-state index in [1.54, 1.807) is 12.1 Å². The number of carbonyl (C=O) groups excluding carboxylic acids is 2. The summed E-state index contributed by atoms with van der Waals surface area (Å²) in [7, 11) is 2.35. The van der Waals surface area contributed by atoms with E-state index in [-0.39, 0.29) is 19.6 Å². The molecule has 8 heteroatoms. The fourth-order valence-electron chi connectivity index (χ4n) is 3.86. The number of methoxy groups -OCH3 is 2. The van der Waals surface area contributed by atoms with Crippen LogP contribution in [-0.4, -0.2) is 38.1 Å². The van der Waals surface area contributed by atoms with Crippen molar-refractivity contribution in [3.05, 3.63) is 41.2 Å². The number of phenolic OH excluding ortho intramolecular Hbond substituents is 1. The predicted molar refractivity (Wildman–Crippen MR) is 93.5 cm³/mol. The largest absolute Gasteiger partial charge is 0.505 e. The molecule has 1 aliphatic carbocycles. The number of rotatable bonds is 2. The van der Waals surface area contributed by atoms with Gasteiger partial charge >= 0.3 is 11.9 Å². The zero-order valence-corrected chi connectivity index (χ0v) is 15.2. The number of hydrogen-bond acceptors (Lipinski definition) is 7. The highest BCUT2D eigenvalue weighted by molar-refractivity contribution is 6.01. The third kappa shape index (κ3) is 2.56. The van der Waals surface area contributed by atoms with Gasteiger partial charge in [0, 0.05) is 12.8 Å². The molecule has 4 rings (SSSR count). The minimum Gasteiger partial charge on any atom is -0.505 e. The maximum Gasteiger partial charge on any atom is 0.323 e. The van der Waals surface area contributed by atoms with Crippen LogP contribution in [0.4, 0.5) is 4.39 Å². The van der Waals surface area contributed by atoms with E-state index in [4.69, 9.17) is 18.9 Å². The molecule has 2 aromatic carbocycles. The molecule has 0 saturated carbocycles. The van der Waals surface area contributed by atoms with Crippen LogP contribution in [-0.2, 0) is 31.9 Å². The molecule has 0 bridgehead atoms. The Hall–Kier alpha value is -3.29. The topological polar surface area (TPSA) is 91.3 Å². The Morgan fingerprint density at radius 1 is 0.964 bits per heavy atom. The van der Waals surface area contributed by atoms with Crippen LogP contribution in [0, 0.1) is 11.2 Å². The van der Waals surface area contributed by atoms with Crippen molar-refractivity contribution in [1.82, 2.24) is 0 Å². The van der Waals surface area contributed by atoms with Crippen molar-refractivity contribution in [2.75, 3.05) is 21.0 Å². The van der Waals surface area contributed by atoms with Gasteiger partial charge in [0.2, 0.25) is 6.79 Å². The minimum atomic E-state index is -1.71. The molecule has 0 amide bonds. The monoisotopic (exact) mass is 388 g/mol. The lowest BCUT2D eigenvalue weighted by Crippen LogP contribution is -2.44. The second-order valence-corrected chi connectivity index (χ2v) is 6.74. The van der Waals surface area contributed by atoms with E-state index in [9.17, 15) is 19.1 Å². The summed E-state index contributed by atoms with van der Waals surface area (Å²) in [6, 6.07) is 5.76. The van der Waals surface area contributed by atoms with Gasteiger partial charge in [0.05, 0.1) is 14.2 Å². The number of hydrogen-bond donors (Lipinski definition) is 1. The first-order chi connectivity index (χ1) is 13.4. The summed E-state index contributed by atoms with van der Waals surface area (Å²) in [5.41, 5.74) is 0.334. The van der Waals surface area contributed by atoms with E-state index in [2.05, 4.69) is 0 Å². The molecule has 1 heterocycles. The first kappa shape index (κ1) is 18.1. The first-order valence-corrected chi connectivity index (χ1v) is 8.50. The summed E-state index contributed by atoms with van der Waals surface area (Å²) in [4.78, 5) is 25.5. The van der Waals surface area contributed by atoms with E-state index >= 15 is 0 Å². The van der Waals surface area contributed by atoms with Gasteiger partial charge in [-0.2, -0.15) is 0 Å². The second kappa shape index (κ2) is 6.40. The molecule has 0 spiro atoms. The molecule has 0 aromatic heterocycles. The Morgan fingerprint density at radius 2 is 1.50 bits per heavy atom. The maximum absolute atomic E-state index is 14.1. The van der Waals surface area contributed by atoms with E-state index in [1.807, 2.05) is 0 Å². The zero-order valence-electron chi connectivity index (χ0n) is 15.2. The third-order valence-corrected chi connectivity index (χ3v) is 5.20. The summed E-state index contributed by atoms with van der Waals surface area (Å²) in [6.07, 6.45) is -0.199. The number of esters is 2. The van der Waals surface area contributed by atoms with Crippen molar-refractivity contribution in [1.29, 1.82) is 0 Å². The van der Waals surface area contributed by atoms with Crippen LogP contribution >= 0.6 is 0 Å². The number of benzene rings is 2. The van der Waals surface area contributed by atoms with Crippen LogP contribution in [0.15, 0.2) is 24.3 Å². The summed E-state index contributed by atoms with van der Waals surface area (Å²) in [6.45, 7) is 0.0406. The normalized spacial score (nSPS) is 15.8. The molecule has 0 atom stereocenters. The van der Waals surface area contributed by atoms with E-state index < -0.39 is 28.9 Å². The quantitative estimate of drug-likeness (QED) is 0.624. The lowest BCUT2D eigenvalue weighted by Gasteiger charge is -2.27. The number of ether oxygens (including phenoxy) is 4. The van der Waals surface area contributed by atoms with Gasteiger partial charge in [0.25, 0.3) is 0 Å². The summed E-state index contributed by atoms with van der Waals surface area (Å²) >= 11 is 0. The van der Waals surface area contributed by atoms with Gasteiger partial charge in [-0.15, -0.1) is 0 Å². The molecular formula is C20H17FO7. The van der Waals surface area contributed by atoms with Crippen molar-refractivity contribution < 1.29 is 38.0 Å². The number of aromatic hydroxyl groups is 1. The van der Waals surface area contributed by atoms with Crippen molar-refractivity contribution in [2.45, 2.75) is 12.8 Å². The zero-order chi connectivity index (χ0) is 20.1. The van der Waals surface area contributed by atoms with Gasteiger partial charge in [-0.1, -0.05) is 0 Å². The average Bonchev–Trinajstić information content (AvgIpc) is 3.10. The molecule has 0 saturated heterocycles. The first-order valence-electron chi connectivity index (χ1n) is 8.50. The van der Waals surface area contributed by atoms with Crippen LogP contribution in [0.25, 0.3) is 11.1 Å². The Bertz CT molecular complexity index is 983. The molecule has 0 unspecified atom stereocenters. The van der Waals surface area contributed by atoms with Crippen molar-refractivity contribution in [2.24, 2.45) is 5.41 Å². The highest BCUT2D eigenvalue weighted by Crippen LogP contribution is 2.47. The molecule has 1 N–H and O–H groups in total. The van der Waals surface area contributed by atoms with Gasteiger partial charge in [-0.05, 0) is 46.5 Å². The number of halogens is 1. The summed E-state index contributed by atoms with van der Waals surface area (Å²) in [5.74, 6) is -2.01. The predicted octanol–water partition coefficient (Wildman–Crippen LogP) is 2.36. The van der Waals surface area contributed by atoms with E-state index in [1.165, 1.54) is 20.3 Å². The Morgan fingerprint density at radius 3 is 2.11 bits per heavy atom. The Balaban J connectivity index is 2.03. The van der Waals surface area contributed by atoms with E-state index in [0.717, 1.165) is 6.07 Å². The lowest BCUT2D eigenvalue weighted by atomic mass is 9.77. The lowest BCUT2D eigenvalue weighted by molar-refractivity contribution is -0.169. The van der Waals surface area contributed by atoms with Gasteiger partial charge in [-0.25, -0.2) is 4.39 Å². The number of fused-ring (bicyclic) bond motifs is 4. The van der Waals surface area contributed by atoms with Crippen LogP contribution in [0.5, 0.6) is 17.2 Å². The molecular weight excluding hydrogens is 371 g/mol. The van der Waals surface area contributed by atoms with Crippen molar-refractivity contribution >= 4 is 11.9 Å². The molecule has 146 valence electrons. The summed E-state index contributed by atoms with van der Waals surface area (Å²) in [5, 5.41) is 9.91. The number of carbonyl (C=O) groups is 2. The molecule has 7 nitrogen and oxygen atoms in total. The Labute approximate surface area is 159 Å². The molecule has 2 aromatic rings. The molecule has 2 aliphatic rings. The van der Waals surface area contributed by atoms with Crippen molar-refractivity contribution in [3.63, 3.8) is 0 Å². The SMILES string of the molecule is COC(=O)C1(C(=O)OC)Cc2cc(F)c(O)cc2-c2cc3c(cc2C1)OCO3. The average molecular weight is 388 g/mol.